The highest BCUT2D eigenvalue weighted by Crippen LogP contribution is 2.37. The van der Waals surface area contributed by atoms with Gasteiger partial charge in [0.15, 0.2) is 11.5 Å². The number of rotatable bonds is 2. The van der Waals surface area contributed by atoms with Crippen molar-refractivity contribution in [2.45, 2.75) is 6.42 Å². The summed E-state index contributed by atoms with van der Waals surface area (Å²) in [5.74, 6) is 1.12. The fourth-order valence-corrected chi connectivity index (χ4v) is 2.18. The molecule has 0 radical (unpaired) electrons. The highest BCUT2D eigenvalue weighted by atomic mass is 16.7. The quantitative estimate of drug-likeness (QED) is 0.837. The summed E-state index contributed by atoms with van der Waals surface area (Å²) in [6.07, 6.45) is 2.14. The minimum Gasteiger partial charge on any atom is -0.454 e. The number of nitrogens with two attached hydrogens (primary N) is 1. The van der Waals surface area contributed by atoms with Crippen molar-refractivity contribution in [1.82, 2.24) is 4.57 Å². The molecular formula is C12H12N2O3. The van der Waals surface area contributed by atoms with Crippen molar-refractivity contribution in [1.29, 1.82) is 0 Å². The molecule has 0 saturated carbocycles. The summed E-state index contributed by atoms with van der Waals surface area (Å²) < 4.78 is 12.6. The van der Waals surface area contributed by atoms with E-state index in [1.54, 1.807) is 0 Å². The largest absolute Gasteiger partial charge is 0.454 e. The number of amides is 1. The van der Waals surface area contributed by atoms with E-state index in [1.807, 2.05) is 29.9 Å². The average Bonchev–Trinajstić information content (AvgIpc) is 2.82. The minimum atomic E-state index is -0.338. The molecule has 2 aromatic rings. The molecule has 0 fully saturated rings. The molecule has 0 atom stereocenters. The zero-order valence-electron chi connectivity index (χ0n) is 9.40. The van der Waals surface area contributed by atoms with E-state index in [4.69, 9.17) is 15.2 Å². The number of fused-ring (bicyclic) bond motifs is 2. The Kier molecular flexibility index (Phi) is 2.01. The third kappa shape index (κ3) is 1.51. The van der Waals surface area contributed by atoms with Crippen LogP contribution in [0.5, 0.6) is 11.5 Å². The number of aryl methyl sites for hydroxylation is 1. The first-order valence-electron chi connectivity index (χ1n) is 5.31. The van der Waals surface area contributed by atoms with Crippen LogP contribution in [0.2, 0.25) is 0 Å². The van der Waals surface area contributed by atoms with Gasteiger partial charge in [0.05, 0.1) is 11.9 Å². The number of carbonyl (C=O) groups excluding carboxylic acids is 1. The van der Waals surface area contributed by atoms with Gasteiger partial charge in [-0.05, 0) is 11.6 Å². The number of aromatic nitrogens is 1. The van der Waals surface area contributed by atoms with E-state index in [9.17, 15) is 4.79 Å². The van der Waals surface area contributed by atoms with Gasteiger partial charge in [-0.15, -0.1) is 0 Å². The standard InChI is InChI=1S/C12H12N2O3/c1-14-5-7(2-12(13)15)8-3-10-11(4-9(8)14)17-6-16-10/h3-5H,2,6H2,1H3,(H2,13,15). The second kappa shape index (κ2) is 3.41. The minimum absolute atomic E-state index is 0.233. The van der Waals surface area contributed by atoms with Crippen molar-refractivity contribution in [3.8, 4) is 11.5 Å². The van der Waals surface area contributed by atoms with Gasteiger partial charge in [0, 0.05) is 24.7 Å². The zero-order chi connectivity index (χ0) is 12.0. The number of nitrogens with zero attached hydrogens (tertiary/aromatic N) is 1. The number of hydrogen-bond acceptors (Lipinski definition) is 3. The Morgan fingerprint density at radius 3 is 2.82 bits per heavy atom. The third-order valence-electron chi connectivity index (χ3n) is 2.93. The zero-order valence-corrected chi connectivity index (χ0v) is 9.40. The molecule has 2 N–H and O–H groups in total. The van der Waals surface area contributed by atoms with E-state index in [1.165, 1.54) is 0 Å². The topological polar surface area (TPSA) is 66.5 Å². The fourth-order valence-electron chi connectivity index (χ4n) is 2.18. The average molecular weight is 232 g/mol. The van der Waals surface area contributed by atoms with Gasteiger partial charge in [-0.1, -0.05) is 0 Å². The van der Waals surface area contributed by atoms with Crippen LogP contribution >= 0.6 is 0 Å². The summed E-state index contributed by atoms with van der Waals surface area (Å²) in [7, 11) is 1.93. The molecule has 5 heteroatoms. The van der Waals surface area contributed by atoms with E-state index in [2.05, 4.69) is 0 Å². The second-order valence-electron chi connectivity index (χ2n) is 4.13. The predicted octanol–water partition coefficient (Wildman–Crippen LogP) is 0.935. The molecule has 1 amide bonds. The van der Waals surface area contributed by atoms with Crippen molar-refractivity contribution in [3.63, 3.8) is 0 Å². The first kappa shape index (κ1) is 10.0. The van der Waals surface area contributed by atoms with Crippen LogP contribution in [0, 0.1) is 0 Å². The number of carbonyl (C=O) groups is 1. The Balaban J connectivity index is 2.22. The maximum absolute atomic E-state index is 11.0. The molecule has 0 unspecified atom stereocenters. The molecule has 1 aromatic carbocycles. The highest BCUT2D eigenvalue weighted by molar-refractivity contribution is 5.91. The van der Waals surface area contributed by atoms with Crippen LogP contribution in [0.15, 0.2) is 18.3 Å². The summed E-state index contributed by atoms with van der Waals surface area (Å²) in [4.78, 5) is 11.0. The van der Waals surface area contributed by atoms with Crippen molar-refractivity contribution < 1.29 is 14.3 Å². The molecule has 0 aliphatic carbocycles. The predicted molar refractivity (Wildman–Crippen MR) is 61.9 cm³/mol. The van der Waals surface area contributed by atoms with E-state index < -0.39 is 0 Å². The summed E-state index contributed by atoms with van der Waals surface area (Å²) >= 11 is 0. The van der Waals surface area contributed by atoms with E-state index in [-0.39, 0.29) is 19.1 Å². The number of primary amides is 1. The van der Waals surface area contributed by atoms with Crippen LogP contribution < -0.4 is 15.2 Å². The lowest BCUT2D eigenvalue weighted by Gasteiger charge is -1.99. The number of ether oxygens (including phenoxy) is 2. The van der Waals surface area contributed by atoms with Gasteiger partial charge in [0.2, 0.25) is 12.7 Å². The molecule has 2 heterocycles. The number of hydrogen-bond donors (Lipinski definition) is 1. The lowest BCUT2D eigenvalue weighted by Crippen LogP contribution is -2.13. The summed E-state index contributed by atoms with van der Waals surface area (Å²) in [6, 6.07) is 3.82. The van der Waals surface area contributed by atoms with Crippen LogP contribution in [0.1, 0.15) is 5.56 Å². The van der Waals surface area contributed by atoms with Crippen molar-refractivity contribution in [2.75, 3.05) is 6.79 Å². The molecule has 0 saturated heterocycles. The molecule has 5 nitrogen and oxygen atoms in total. The third-order valence-corrected chi connectivity index (χ3v) is 2.93. The molecule has 3 rings (SSSR count). The van der Waals surface area contributed by atoms with Crippen molar-refractivity contribution >= 4 is 16.8 Å². The van der Waals surface area contributed by atoms with Gasteiger partial charge < -0.3 is 19.8 Å². The summed E-state index contributed by atoms with van der Waals surface area (Å²) in [5, 5.41) is 0.982. The molecule has 1 aliphatic rings. The highest BCUT2D eigenvalue weighted by Gasteiger charge is 2.18. The molecule has 17 heavy (non-hydrogen) atoms. The Hall–Kier alpha value is -2.17. The van der Waals surface area contributed by atoms with Crippen LogP contribution in [0.4, 0.5) is 0 Å². The lowest BCUT2D eigenvalue weighted by atomic mass is 10.1. The molecular weight excluding hydrogens is 220 g/mol. The maximum atomic E-state index is 11.0. The van der Waals surface area contributed by atoms with Gasteiger partial charge >= 0.3 is 0 Å². The van der Waals surface area contributed by atoms with Crippen LogP contribution in [0.25, 0.3) is 10.9 Å². The molecule has 1 aromatic heterocycles. The monoisotopic (exact) mass is 232 g/mol. The van der Waals surface area contributed by atoms with Crippen molar-refractivity contribution in [3.05, 3.63) is 23.9 Å². The van der Waals surface area contributed by atoms with Gasteiger partial charge in [-0.3, -0.25) is 4.79 Å². The van der Waals surface area contributed by atoms with E-state index in [0.717, 1.165) is 28.0 Å². The molecule has 1 aliphatic heterocycles. The summed E-state index contributed by atoms with van der Waals surface area (Å²) in [6.45, 7) is 0.247. The van der Waals surface area contributed by atoms with Crippen LogP contribution in [-0.2, 0) is 18.3 Å². The van der Waals surface area contributed by atoms with Crippen molar-refractivity contribution in [2.24, 2.45) is 12.8 Å². The first-order chi connectivity index (χ1) is 8.15. The fraction of sp³-hybridized carbons (Fsp3) is 0.250. The second-order valence-corrected chi connectivity index (χ2v) is 4.13. The first-order valence-corrected chi connectivity index (χ1v) is 5.31. The normalized spacial score (nSPS) is 13.2. The van der Waals surface area contributed by atoms with Gasteiger partial charge in [-0.25, -0.2) is 0 Å². The van der Waals surface area contributed by atoms with E-state index in [0.29, 0.717) is 0 Å². The molecule has 88 valence electrons. The Bertz CT molecular complexity index is 616. The summed E-state index contributed by atoms with van der Waals surface area (Å²) in [5.41, 5.74) is 7.15. The Morgan fingerprint density at radius 1 is 1.41 bits per heavy atom. The van der Waals surface area contributed by atoms with Crippen LogP contribution in [0.3, 0.4) is 0 Å². The SMILES string of the molecule is Cn1cc(CC(N)=O)c2cc3c(cc21)OCO3. The smallest absolute Gasteiger partial charge is 0.231 e. The van der Waals surface area contributed by atoms with Gasteiger partial charge in [0.25, 0.3) is 0 Å². The number of benzene rings is 1. The Labute approximate surface area is 97.7 Å². The Morgan fingerprint density at radius 2 is 2.12 bits per heavy atom. The van der Waals surface area contributed by atoms with E-state index >= 15 is 0 Å². The molecule has 0 spiro atoms. The molecule has 0 bridgehead atoms. The van der Waals surface area contributed by atoms with Gasteiger partial charge in [-0.2, -0.15) is 0 Å². The van der Waals surface area contributed by atoms with Gasteiger partial charge in [0.1, 0.15) is 0 Å². The maximum Gasteiger partial charge on any atom is 0.231 e. The lowest BCUT2D eigenvalue weighted by molar-refractivity contribution is -0.117. The van der Waals surface area contributed by atoms with Crippen LogP contribution in [-0.4, -0.2) is 17.3 Å².